The Kier molecular flexibility index (Phi) is 5.35. The van der Waals surface area contributed by atoms with Crippen LogP contribution >= 0.6 is 0 Å². The van der Waals surface area contributed by atoms with Crippen molar-refractivity contribution in [2.75, 3.05) is 13.7 Å². The summed E-state index contributed by atoms with van der Waals surface area (Å²) < 4.78 is 9.45. The minimum Gasteiger partial charge on any atom is -0.465 e. The summed E-state index contributed by atoms with van der Waals surface area (Å²) in [4.78, 5) is 46.9. The minimum absolute atomic E-state index is 0.0279. The third-order valence-corrected chi connectivity index (χ3v) is 2.82. The van der Waals surface area contributed by atoms with Gasteiger partial charge in [0.1, 0.15) is 0 Å². The van der Waals surface area contributed by atoms with E-state index < -0.39 is 23.5 Å². The number of ether oxygens (including phenoxy) is 2. The van der Waals surface area contributed by atoms with Crippen LogP contribution in [0, 0.1) is 0 Å². The summed E-state index contributed by atoms with van der Waals surface area (Å²) in [6.45, 7) is 4.27. The number of esters is 2. The molecule has 0 amide bonds. The highest BCUT2D eigenvalue weighted by Crippen LogP contribution is 2.20. The predicted molar refractivity (Wildman–Crippen MR) is 73.7 cm³/mol. The van der Waals surface area contributed by atoms with Crippen LogP contribution in [-0.2, 0) is 9.47 Å². The van der Waals surface area contributed by atoms with Crippen molar-refractivity contribution < 1.29 is 28.7 Å². The summed E-state index contributed by atoms with van der Waals surface area (Å²) in [6.07, 6.45) is 0. The lowest BCUT2D eigenvalue weighted by atomic mass is 9.94. The molecule has 0 saturated carbocycles. The Morgan fingerprint density at radius 1 is 0.857 bits per heavy atom. The average Bonchev–Trinajstić information content (AvgIpc) is 2.44. The molecule has 1 aromatic carbocycles. The first-order valence-corrected chi connectivity index (χ1v) is 6.28. The molecule has 0 bridgehead atoms. The van der Waals surface area contributed by atoms with Crippen molar-refractivity contribution >= 4 is 23.5 Å². The van der Waals surface area contributed by atoms with Crippen LogP contribution < -0.4 is 0 Å². The van der Waals surface area contributed by atoms with E-state index in [0.717, 1.165) is 13.2 Å². The monoisotopic (exact) mass is 292 g/mol. The first-order chi connectivity index (χ1) is 9.83. The van der Waals surface area contributed by atoms with Crippen molar-refractivity contribution in [3.8, 4) is 0 Å². The number of carbonyl (C=O) groups excluding carboxylic acids is 4. The van der Waals surface area contributed by atoms with Crippen LogP contribution in [0.15, 0.2) is 12.1 Å². The molecule has 1 aromatic rings. The second-order valence-corrected chi connectivity index (χ2v) is 4.27. The molecule has 0 N–H and O–H groups in total. The zero-order valence-electron chi connectivity index (χ0n) is 12.3. The smallest absolute Gasteiger partial charge is 0.338 e. The number of benzene rings is 1. The average molecular weight is 292 g/mol. The van der Waals surface area contributed by atoms with E-state index in [1.165, 1.54) is 19.9 Å². The van der Waals surface area contributed by atoms with E-state index >= 15 is 0 Å². The number of hydrogen-bond donors (Lipinski definition) is 0. The van der Waals surface area contributed by atoms with Gasteiger partial charge < -0.3 is 9.47 Å². The highest BCUT2D eigenvalue weighted by atomic mass is 16.5. The summed E-state index contributed by atoms with van der Waals surface area (Å²) in [5, 5.41) is 0. The van der Waals surface area contributed by atoms with Crippen molar-refractivity contribution in [2.45, 2.75) is 20.8 Å². The van der Waals surface area contributed by atoms with Crippen molar-refractivity contribution in [2.24, 2.45) is 0 Å². The molecule has 0 unspecified atom stereocenters. The Labute approximate surface area is 122 Å². The molecular weight excluding hydrogens is 276 g/mol. The Balaban J connectivity index is 3.62. The minimum atomic E-state index is -0.763. The van der Waals surface area contributed by atoms with E-state index in [2.05, 4.69) is 4.74 Å². The molecule has 112 valence electrons. The molecular formula is C15H16O6. The molecule has 0 aliphatic rings. The largest absolute Gasteiger partial charge is 0.465 e. The van der Waals surface area contributed by atoms with Crippen LogP contribution in [0.4, 0.5) is 0 Å². The third kappa shape index (κ3) is 3.53. The quantitative estimate of drug-likeness (QED) is 0.610. The summed E-state index contributed by atoms with van der Waals surface area (Å²) in [5.41, 5.74) is -0.0702. The van der Waals surface area contributed by atoms with Gasteiger partial charge in [0.25, 0.3) is 0 Å². The van der Waals surface area contributed by atoms with Gasteiger partial charge in [0, 0.05) is 11.1 Å². The van der Waals surface area contributed by atoms with Crippen LogP contribution in [0.3, 0.4) is 0 Å². The van der Waals surface area contributed by atoms with Gasteiger partial charge in [-0.1, -0.05) is 0 Å². The Morgan fingerprint density at radius 3 is 1.67 bits per heavy atom. The molecule has 0 aromatic heterocycles. The summed E-state index contributed by atoms with van der Waals surface area (Å²) in [7, 11) is 1.16. The standard InChI is InChI=1S/C15H16O6/c1-5-21-15(19)13-7-12(14(18)20-4)10(8(2)16)6-11(13)9(3)17/h6-7H,5H2,1-4H3. The van der Waals surface area contributed by atoms with Gasteiger partial charge in [0.05, 0.1) is 24.8 Å². The Bertz CT molecular complexity index is 615. The second-order valence-electron chi connectivity index (χ2n) is 4.27. The molecule has 0 fully saturated rings. The molecule has 1 rings (SSSR count). The maximum atomic E-state index is 11.9. The van der Waals surface area contributed by atoms with E-state index in [0.29, 0.717) is 0 Å². The number of rotatable bonds is 5. The van der Waals surface area contributed by atoms with Crippen LogP contribution in [0.2, 0.25) is 0 Å². The van der Waals surface area contributed by atoms with Gasteiger partial charge in [0.2, 0.25) is 0 Å². The number of Topliss-reactive ketones (excluding diaryl/α,β-unsaturated/α-hetero) is 2. The van der Waals surface area contributed by atoms with Crippen molar-refractivity contribution in [1.82, 2.24) is 0 Å². The molecule has 21 heavy (non-hydrogen) atoms. The second kappa shape index (κ2) is 6.78. The van der Waals surface area contributed by atoms with E-state index in [1.54, 1.807) is 6.92 Å². The van der Waals surface area contributed by atoms with Gasteiger partial charge >= 0.3 is 11.9 Å². The van der Waals surface area contributed by atoms with Gasteiger partial charge in [-0.15, -0.1) is 0 Å². The van der Waals surface area contributed by atoms with Crippen LogP contribution in [0.5, 0.6) is 0 Å². The van der Waals surface area contributed by atoms with Crippen molar-refractivity contribution in [3.63, 3.8) is 0 Å². The van der Waals surface area contributed by atoms with Gasteiger partial charge in [-0.25, -0.2) is 9.59 Å². The Morgan fingerprint density at radius 2 is 1.29 bits per heavy atom. The van der Waals surface area contributed by atoms with Crippen molar-refractivity contribution in [1.29, 1.82) is 0 Å². The predicted octanol–water partition coefficient (Wildman–Crippen LogP) is 2.06. The zero-order valence-corrected chi connectivity index (χ0v) is 12.3. The lowest BCUT2D eigenvalue weighted by Crippen LogP contribution is -2.16. The number of ketones is 2. The van der Waals surface area contributed by atoms with Gasteiger partial charge in [-0.2, -0.15) is 0 Å². The summed E-state index contributed by atoms with van der Waals surface area (Å²) in [5.74, 6) is -2.31. The number of carbonyl (C=O) groups is 4. The fraction of sp³-hybridized carbons (Fsp3) is 0.333. The zero-order chi connectivity index (χ0) is 16.2. The van der Waals surface area contributed by atoms with Crippen LogP contribution in [-0.4, -0.2) is 37.2 Å². The normalized spacial score (nSPS) is 9.90. The third-order valence-electron chi connectivity index (χ3n) is 2.82. The van der Waals surface area contributed by atoms with E-state index in [4.69, 9.17) is 4.74 Å². The first kappa shape index (κ1) is 16.6. The van der Waals surface area contributed by atoms with Gasteiger partial charge in [0.15, 0.2) is 11.6 Å². The van der Waals surface area contributed by atoms with Gasteiger partial charge in [-0.3, -0.25) is 9.59 Å². The van der Waals surface area contributed by atoms with Crippen molar-refractivity contribution in [3.05, 3.63) is 34.4 Å². The van der Waals surface area contributed by atoms with E-state index in [-0.39, 0.29) is 28.9 Å². The van der Waals surface area contributed by atoms with Crippen LogP contribution in [0.25, 0.3) is 0 Å². The molecule has 0 spiro atoms. The number of methoxy groups -OCH3 is 1. The first-order valence-electron chi connectivity index (χ1n) is 6.28. The van der Waals surface area contributed by atoms with Gasteiger partial charge in [-0.05, 0) is 32.9 Å². The molecule has 6 nitrogen and oxygen atoms in total. The molecule has 6 heteroatoms. The fourth-order valence-corrected chi connectivity index (χ4v) is 1.84. The lowest BCUT2D eigenvalue weighted by Gasteiger charge is -2.12. The summed E-state index contributed by atoms with van der Waals surface area (Å²) >= 11 is 0. The molecule has 0 aliphatic carbocycles. The fourth-order valence-electron chi connectivity index (χ4n) is 1.84. The Hall–Kier alpha value is -2.50. The highest BCUT2D eigenvalue weighted by molar-refractivity contribution is 6.12. The molecule has 0 atom stereocenters. The maximum absolute atomic E-state index is 11.9. The van der Waals surface area contributed by atoms with Crippen LogP contribution in [0.1, 0.15) is 62.2 Å². The summed E-state index contributed by atoms with van der Waals surface area (Å²) in [6, 6.07) is 2.39. The molecule has 0 heterocycles. The maximum Gasteiger partial charge on any atom is 0.338 e. The van der Waals surface area contributed by atoms with E-state index in [1.807, 2.05) is 0 Å². The molecule has 0 saturated heterocycles. The van der Waals surface area contributed by atoms with E-state index in [9.17, 15) is 19.2 Å². The highest BCUT2D eigenvalue weighted by Gasteiger charge is 2.24. The SMILES string of the molecule is CCOC(=O)c1cc(C(=O)OC)c(C(C)=O)cc1C(C)=O. The number of hydrogen-bond acceptors (Lipinski definition) is 6. The molecule has 0 radical (unpaired) electrons. The molecule has 0 aliphatic heterocycles. The topological polar surface area (TPSA) is 86.7 Å². The lowest BCUT2D eigenvalue weighted by molar-refractivity contribution is 0.0522.